The fourth-order valence-corrected chi connectivity index (χ4v) is 3.01. The molecule has 0 saturated heterocycles. The molecule has 5 nitrogen and oxygen atoms in total. The van der Waals surface area contributed by atoms with Gasteiger partial charge < -0.3 is 9.84 Å². The zero-order valence-electron chi connectivity index (χ0n) is 15.3. The van der Waals surface area contributed by atoms with Gasteiger partial charge in [-0.25, -0.2) is 31.6 Å². The largest absolute Gasteiger partial charge is 0.443 e. The summed E-state index contributed by atoms with van der Waals surface area (Å²) in [7, 11) is 0. The van der Waals surface area contributed by atoms with Gasteiger partial charge in [-0.3, -0.25) is 4.79 Å². The van der Waals surface area contributed by atoms with Crippen molar-refractivity contribution < 1.29 is 41.4 Å². The molecule has 0 aliphatic carbocycles. The van der Waals surface area contributed by atoms with Crippen LogP contribution in [0.2, 0.25) is 0 Å². The second kappa shape index (κ2) is 6.51. The first-order valence-corrected chi connectivity index (χ1v) is 8.23. The van der Waals surface area contributed by atoms with E-state index in [0.717, 1.165) is 12.1 Å². The number of carbonyl (C=O) groups is 2. The quantitative estimate of drug-likeness (QED) is 0.436. The van der Waals surface area contributed by atoms with Gasteiger partial charge in [0.1, 0.15) is 5.60 Å². The van der Waals surface area contributed by atoms with Gasteiger partial charge in [-0.1, -0.05) is 18.2 Å². The molecule has 0 bridgehead atoms. The summed E-state index contributed by atoms with van der Waals surface area (Å²) >= 11 is 0. The fourth-order valence-electron chi connectivity index (χ4n) is 3.01. The van der Waals surface area contributed by atoms with Crippen LogP contribution in [0.4, 0.5) is 32.4 Å². The highest BCUT2D eigenvalue weighted by molar-refractivity contribution is 6.21. The number of para-hydroxylation sites is 1. The summed E-state index contributed by atoms with van der Waals surface area (Å²) in [5.74, 6) is -13.6. The molecule has 154 valence electrons. The van der Waals surface area contributed by atoms with Gasteiger partial charge in [0.2, 0.25) is 11.4 Å². The van der Waals surface area contributed by atoms with Gasteiger partial charge in [0, 0.05) is 5.56 Å². The molecule has 0 radical (unpaired) electrons. The van der Waals surface area contributed by atoms with Gasteiger partial charge in [-0.2, -0.15) is 0 Å². The van der Waals surface area contributed by atoms with Crippen LogP contribution in [0.1, 0.15) is 31.9 Å². The molecular formula is C19H14F5NO4. The number of aliphatic hydroxyl groups is 1. The maximum absolute atomic E-state index is 14.4. The van der Waals surface area contributed by atoms with Crippen LogP contribution in [0, 0.1) is 29.1 Å². The maximum Gasteiger partial charge on any atom is 0.421 e. The lowest BCUT2D eigenvalue weighted by atomic mass is 9.86. The third kappa shape index (κ3) is 2.94. The average Bonchev–Trinajstić information content (AvgIpc) is 2.85. The Hall–Kier alpha value is -3.01. The molecule has 0 fully saturated rings. The molecule has 29 heavy (non-hydrogen) atoms. The van der Waals surface area contributed by atoms with Crippen molar-refractivity contribution in [1.29, 1.82) is 0 Å². The number of imide groups is 1. The predicted molar refractivity (Wildman–Crippen MR) is 89.4 cm³/mol. The van der Waals surface area contributed by atoms with E-state index in [-0.39, 0.29) is 5.69 Å². The Kier molecular flexibility index (Phi) is 4.65. The molecule has 0 spiro atoms. The Morgan fingerprint density at radius 1 is 0.966 bits per heavy atom. The maximum atomic E-state index is 14.4. The third-order valence-corrected chi connectivity index (χ3v) is 4.20. The van der Waals surface area contributed by atoms with Crippen LogP contribution in [0.3, 0.4) is 0 Å². The van der Waals surface area contributed by atoms with Crippen molar-refractivity contribution in [2.45, 2.75) is 32.0 Å². The van der Waals surface area contributed by atoms with Gasteiger partial charge in [0.05, 0.1) is 11.3 Å². The van der Waals surface area contributed by atoms with E-state index in [1.54, 1.807) is 0 Å². The molecule has 1 atom stereocenters. The molecule has 3 rings (SSSR count). The summed E-state index contributed by atoms with van der Waals surface area (Å²) in [6.45, 7) is 4.44. The molecule has 1 heterocycles. The highest BCUT2D eigenvalue weighted by atomic mass is 19.2. The minimum Gasteiger partial charge on any atom is -0.443 e. The normalized spacial score (nSPS) is 18.8. The molecule has 2 aromatic rings. The molecule has 10 heteroatoms. The number of hydrogen-bond acceptors (Lipinski definition) is 4. The molecule has 1 N–H and O–H groups in total. The van der Waals surface area contributed by atoms with Gasteiger partial charge in [-0.05, 0) is 26.8 Å². The van der Waals surface area contributed by atoms with Crippen molar-refractivity contribution in [3.8, 4) is 0 Å². The Morgan fingerprint density at radius 3 is 1.97 bits per heavy atom. The Balaban J connectivity index is 2.30. The Morgan fingerprint density at radius 2 is 1.45 bits per heavy atom. The summed E-state index contributed by atoms with van der Waals surface area (Å²) in [5, 5.41) is 11.0. The van der Waals surface area contributed by atoms with E-state index in [2.05, 4.69) is 0 Å². The van der Waals surface area contributed by atoms with Gasteiger partial charge in [0.15, 0.2) is 23.3 Å². The minimum absolute atomic E-state index is 0.290. The second-order valence-electron chi connectivity index (χ2n) is 7.29. The van der Waals surface area contributed by atoms with E-state index in [4.69, 9.17) is 4.74 Å². The monoisotopic (exact) mass is 415 g/mol. The standard InChI is InChI=1S/C19H14F5NO4/c1-18(2,3)29-17(27)25-9-7-5-4-6-8(9)19(28,16(25)26)10-11(20)13(22)15(24)14(23)12(10)21/h4-7,28H,1-3H3/t19-/m1/s1. The predicted octanol–water partition coefficient (Wildman–Crippen LogP) is 3.90. The molecule has 0 saturated carbocycles. The zero-order valence-corrected chi connectivity index (χ0v) is 15.3. The summed E-state index contributed by atoms with van der Waals surface area (Å²) in [5.41, 5.74) is -7.08. The van der Waals surface area contributed by atoms with E-state index in [0.29, 0.717) is 4.90 Å². The van der Waals surface area contributed by atoms with Gasteiger partial charge in [-0.15, -0.1) is 0 Å². The number of halogens is 5. The van der Waals surface area contributed by atoms with Crippen molar-refractivity contribution in [3.05, 3.63) is 64.5 Å². The number of anilines is 1. The van der Waals surface area contributed by atoms with Crippen molar-refractivity contribution in [2.75, 3.05) is 4.90 Å². The number of rotatable bonds is 1. The fraction of sp³-hybridized carbons (Fsp3) is 0.263. The van der Waals surface area contributed by atoms with E-state index in [1.807, 2.05) is 0 Å². The van der Waals surface area contributed by atoms with E-state index >= 15 is 0 Å². The van der Waals surface area contributed by atoms with E-state index < -0.39 is 63.4 Å². The number of benzene rings is 2. The van der Waals surface area contributed by atoms with Crippen molar-refractivity contribution in [2.24, 2.45) is 0 Å². The topological polar surface area (TPSA) is 66.8 Å². The molecule has 1 aliphatic heterocycles. The van der Waals surface area contributed by atoms with Gasteiger partial charge >= 0.3 is 6.09 Å². The molecule has 2 aromatic carbocycles. The summed E-state index contributed by atoms with van der Waals surface area (Å²) < 4.78 is 74.7. The lowest BCUT2D eigenvalue weighted by Gasteiger charge is -2.26. The highest BCUT2D eigenvalue weighted by Gasteiger charge is 2.57. The smallest absolute Gasteiger partial charge is 0.421 e. The van der Waals surface area contributed by atoms with E-state index in [9.17, 15) is 36.6 Å². The summed E-state index contributed by atoms with van der Waals surface area (Å²) in [6, 6.07) is 4.77. The number of nitrogens with zero attached hydrogens (tertiary/aromatic N) is 1. The van der Waals surface area contributed by atoms with Crippen LogP contribution in [0.5, 0.6) is 0 Å². The zero-order chi connectivity index (χ0) is 21.9. The highest BCUT2D eigenvalue weighted by Crippen LogP contribution is 2.47. The molecule has 0 unspecified atom stereocenters. The number of amides is 2. The summed E-state index contributed by atoms with van der Waals surface area (Å²) in [6.07, 6.45) is -1.30. The van der Waals surface area contributed by atoms with Crippen molar-refractivity contribution in [3.63, 3.8) is 0 Å². The number of carbonyl (C=O) groups excluding carboxylic acids is 2. The van der Waals surface area contributed by atoms with Crippen molar-refractivity contribution in [1.82, 2.24) is 0 Å². The minimum atomic E-state index is -3.35. The van der Waals surface area contributed by atoms with Crippen LogP contribution >= 0.6 is 0 Å². The Bertz CT molecular complexity index is 1020. The van der Waals surface area contributed by atoms with Crippen LogP contribution in [-0.4, -0.2) is 22.7 Å². The number of hydrogen-bond donors (Lipinski definition) is 1. The van der Waals surface area contributed by atoms with Crippen LogP contribution in [0.25, 0.3) is 0 Å². The molecule has 1 aliphatic rings. The SMILES string of the molecule is CC(C)(C)OC(=O)N1C(=O)[C@](O)(c2c(F)c(F)c(F)c(F)c2F)c2ccccc21. The van der Waals surface area contributed by atoms with Crippen LogP contribution in [-0.2, 0) is 15.1 Å². The van der Waals surface area contributed by atoms with Crippen LogP contribution in [0.15, 0.2) is 24.3 Å². The lowest BCUT2D eigenvalue weighted by Crippen LogP contribution is -2.46. The third-order valence-electron chi connectivity index (χ3n) is 4.20. The number of ether oxygens (including phenoxy) is 1. The van der Waals surface area contributed by atoms with E-state index in [1.165, 1.54) is 32.9 Å². The molecule has 0 aromatic heterocycles. The molecular weight excluding hydrogens is 401 g/mol. The number of fused-ring (bicyclic) bond motifs is 1. The first kappa shape index (κ1) is 20.7. The summed E-state index contributed by atoms with van der Waals surface area (Å²) in [4.78, 5) is 25.7. The Labute approximate surface area is 161 Å². The first-order valence-electron chi connectivity index (χ1n) is 8.23. The first-order chi connectivity index (χ1) is 13.3. The lowest BCUT2D eigenvalue weighted by molar-refractivity contribution is -0.132. The van der Waals surface area contributed by atoms with Crippen molar-refractivity contribution >= 4 is 17.7 Å². The second-order valence-corrected chi connectivity index (χ2v) is 7.29. The molecule has 2 amide bonds. The van der Waals surface area contributed by atoms with Crippen LogP contribution < -0.4 is 4.90 Å². The van der Waals surface area contributed by atoms with Gasteiger partial charge in [0.25, 0.3) is 5.91 Å². The average molecular weight is 415 g/mol.